The van der Waals surface area contributed by atoms with Gasteiger partial charge >= 0.3 is 0 Å². The molecule has 0 N–H and O–H groups in total. The number of para-hydroxylation sites is 1. The number of nitrogens with zero attached hydrogens (tertiary/aromatic N) is 1. The third-order valence-corrected chi connectivity index (χ3v) is 3.80. The minimum absolute atomic E-state index is 0.259. The van der Waals surface area contributed by atoms with E-state index in [2.05, 4.69) is 15.9 Å². The Hall–Kier alpha value is -1.94. The Morgan fingerprint density at radius 2 is 2.00 bits per heavy atom. The Kier molecular flexibility index (Phi) is 3.40. The van der Waals surface area contributed by atoms with Crippen molar-refractivity contribution in [2.45, 2.75) is 6.54 Å². The monoisotopic (exact) mass is 331 g/mol. The molecule has 0 saturated carbocycles. The lowest BCUT2D eigenvalue weighted by Crippen LogP contribution is -2.00. The van der Waals surface area contributed by atoms with Gasteiger partial charge in [0, 0.05) is 32.7 Å². The number of aldehydes is 1. The summed E-state index contributed by atoms with van der Waals surface area (Å²) in [5.74, 6) is -0.259. The fourth-order valence-corrected chi connectivity index (χ4v) is 2.67. The van der Waals surface area contributed by atoms with Crippen LogP contribution in [-0.2, 0) is 6.54 Å². The molecule has 4 heteroatoms. The fraction of sp³-hybridized carbons (Fsp3) is 0.0625. The molecule has 0 aliphatic carbocycles. The molecule has 0 bridgehead atoms. The van der Waals surface area contributed by atoms with E-state index >= 15 is 0 Å². The molecule has 100 valence electrons. The summed E-state index contributed by atoms with van der Waals surface area (Å²) in [6.45, 7) is 0.396. The van der Waals surface area contributed by atoms with Gasteiger partial charge in [-0.2, -0.15) is 0 Å². The molecule has 0 amide bonds. The van der Waals surface area contributed by atoms with Gasteiger partial charge in [-0.25, -0.2) is 4.39 Å². The van der Waals surface area contributed by atoms with Crippen LogP contribution in [0.25, 0.3) is 10.9 Å². The lowest BCUT2D eigenvalue weighted by Gasteiger charge is -2.07. The van der Waals surface area contributed by atoms with Crippen LogP contribution in [0.1, 0.15) is 15.9 Å². The molecule has 0 radical (unpaired) electrons. The number of hydrogen-bond acceptors (Lipinski definition) is 1. The van der Waals surface area contributed by atoms with Crippen molar-refractivity contribution in [2.24, 2.45) is 0 Å². The van der Waals surface area contributed by atoms with Gasteiger partial charge in [0.05, 0.1) is 6.54 Å². The first-order valence-corrected chi connectivity index (χ1v) is 6.95. The summed E-state index contributed by atoms with van der Waals surface area (Å²) in [6.07, 6.45) is 2.59. The number of hydrogen-bond donors (Lipinski definition) is 0. The standard InChI is InChI=1S/C16H11BrFNO/c17-13-6-5-11(15(18)7-13)8-19-9-12(10-20)14-3-1-2-4-16(14)19/h1-7,9-10H,8H2. The number of benzene rings is 2. The van der Waals surface area contributed by atoms with Crippen molar-refractivity contribution in [3.05, 3.63) is 70.1 Å². The molecule has 1 heterocycles. The van der Waals surface area contributed by atoms with E-state index in [-0.39, 0.29) is 5.82 Å². The summed E-state index contributed by atoms with van der Waals surface area (Å²) < 4.78 is 16.5. The van der Waals surface area contributed by atoms with Gasteiger partial charge in [0.15, 0.2) is 6.29 Å². The first-order chi connectivity index (χ1) is 9.69. The van der Waals surface area contributed by atoms with Crippen LogP contribution in [-0.4, -0.2) is 10.9 Å². The van der Waals surface area contributed by atoms with Crippen molar-refractivity contribution in [1.82, 2.24) is 4.57 Å². The highest BCUT2D eigenvalue weighted by Gasteiger charge is 2.09. The zero-order chi connectivity index (χ0) is 14.1. The molecule has 20 heavy (non-hydrogen) atoms. The Morgan fingerprint density at radius 1 is 1.20 bits per heavy atom. The molecule has 1 aromatic heterocycles. The fourth-order valence-electron chi connectivity index (χ4n) is 2.33. The SMILES string of the molecule is O=Cc1cn(Cc2ccc(Br)cc2F)c2ccccc12. The van der Waals surface area contributed by atoms with Gasteiger partial charge in [-0.05, 0) is 18.2 Å². The molecule has 0 aliphatic heterocycles. The van der Waals surface area contributed by atoms with E-state index in [0.29, 0.717) is 22.1 Å². The predicted molar refractivity (Wildman–Crippen MR) is 80.5 cm³/mol. The number of carbonyl (C=O) groups excluding carboxylic acids is 1. The summed E-state index contributed by atoms with van der Waals surface area (Å²) in [5.41, 5.74) is 2.14. The van der Waals surface area contributed by atoms with Gasteiger partial charge in [0.2, 0.25) is 0 Å². The van der Waals surface area contributed by atoms with Crippen LogP contribution in [0.15, 0.2) is 53.1 Å². The molecule has 2 nitrogen and oxygen atoms in total. The summed E-state index contributed by atoms with van der Waals surface area (Å²) in [7, 11) is 0. The Morgan fingerprint density at radius 3 is 2.75 bits per heavy atom. The molecule has 3 rings (SSSR count). The van der Waals surface area contributed by atoms with Crippen molar-refractivity contribution in [3.63, 3.8) is 0 Å². The Labute approximate surface area is 124 Å². The molecule has 2 aromatic carbocycles. The Bertz CT molecular complexity index is 794. The molecule has 0 saturated heterocycles. The van der Waals surface area contributed by atoms with Gasteiger partial charge in [-0.1, -0.05) is 40.2 Å². The van der Waals surface area contributed by atoms with Crippen LogP contribution >= 0.6 is 15.9 Å². The van der Waals surface area contributed by atoms with Crippen LogP contribution in [0.3, 0.4) is 0 Å². The molecule has 0 aliphatic rings. The third-order valence-electron chi connectivity index (χ3n) is 3.30. The maximum atomic E-state index is 13.9. The lowest BCUT2D eigenvalue weighted by molar-refractivity contribution is 0.112. The van der Waals surface area contributed by atoms with Crippen LogP contribution in [0.2, 0.25) is 0 Å². The summed E-state index contributed by atoms with van der Waals surface area (Å²) in [6, 6.07) is 12.6. The maximum Gasteiger partial charge on any atom is 0.152 e. The average Bonchev–Trinajstić information content (AvgIpc) is 2.80. The minimum Gasteiger partial charge on any atom is -0.342 e. The average molecular weight is 332 g/mol. The molecule has 3 aromatic rings. The Balaban J connectivity index is 2.09. The number of halogens is 2. The molecule has 0 spiro atoms. The van der Waals surface area contributed by atoms with Gasteiger partial charge in [-0.3, -0.25) is 4.79 Å². The summed E-state index contributed by atoms with van der Waals surface area (Å²) in [4.78, 5) is 11.1. The second kappa shape index (κ2) is 5.21. The third kappa shape index (κ3) is 2.27. The lowest BCUT2D eigenvalue weighted by atomic mass is 10.2. The van der Waals surface area contributed by atoms with Crippen LogP contribution < -0.4 is 0 Å². The number of aromatic nitrogens is 1. The van der Waals surface area contributed by atoms with Crippen LogP contribution in [0.4, 0.5) is 4.39 Å². The van der Waals surface area contributed by atoms with E-state index in [1.165, 1.54) is 6.07 Å². The number of carbonyl (C=O) groups is 1. The minimum atomic E-state index is -0.259. The topological polar surface area (TPSA) is 22.0 Å². The molecule has 0 unspecified atom stereocenters. The molecular formula is C16H11BrFNO. The molecule has 0 fully saturated rings. The van der Waals surface area contributed by atoms with E-state index in [4.69, 9.17) is 0 Å². The largest absolute Gasteiger partial charge is 0.342 e. The van der Waals surface area contributed by atoms with Gasteiger partial charge in [-0.15, -0.1) is 0 Å². The van der Waals surface area contributed by atoms with Gasteiger partial charge in [0.25, 0.3) is 0 Å². The van der Waals surface area contributed by atoms with E-state index < -0.39 is 0 Å². The second-order valence-electron chi connectivity index (χ2n) is 4.58. The smallest absolute Gasteiger partial charge is 0.152 e. The van der Waals surface area contributed by atoms with Crippen molar-refractivity contribution in [3.8, 4) is 0 Å². The first kappa shape index (κ1) is 13.1. The quantitative estimate of drug-likeness (QED) is 0.652. The van der Waals surface area contributed by atoms with Gasteiger partial charge in [0.1, 0.15) is 5.82 Å². The van der Waals surface area contributed by atoms with Gasteiger partial charge < -0.3 is 4.57 Å². The second-order valence-corrected chi connectivity index (χ2v) is 5.50. The number of rotatable bonds is 3. The highest BCUT2D eigenvalue weighted by atomic mass is 79.9. The van der Waals surface area contributed by atoms with Crippen LogP contribution in [0.5, 0.6) is 0 Å². The summed E-state index contributed by atoms with van der Waals surface area (Å²) in [5, 5.41) is 0.889. The zero-order valence-electron chi connectivity index (χ0n) is 10.5. The normalized spacial score (nSPS) is 10.9. The predicted octanol–water partition coefficient (Wildman–Crippen LogP) is 4.40. The van der Waals surface area contributed by atoms with Crippen molar-refractivity contribution >= 4 is 33.1 Å². The maximum absolute atomic E-state index is 13.9. The highest BCUT2D eigenvalue weighted by molar-refractivity contribution is 9.10. The van der Waals surface area contributed by atoms with E-state index in [0.717, 1.165) is 17.2 Å². The van der Waals surface area contributed by atoms with Crippen molar-refractivity contribution < 1.29 is 9.18 Å². The zero-order valence-corrected chi connectivity index (χ0v) is 12.1. The summed E-state index contributed by atoms with van der Waals surface area (Å²) >= 11 is 3.24. The van der Waals surface area contributed by atoms with E-state index in [9.17, 15) is 9.18 Å². The molecule has 0 atom stereocenters. The van der Waals surface area contributed by atoms with Crippen LogP contribution in [0, 0.1) is 5.82 Å². The van der Waals surface area contributed by atoms with Crippen molar-refractivity contribution in [2.75, 3.05) is 0 Å². The highest BCUT2D eigenvalue weighted by Crippen LogP contribution is 2.22. The van der Waals surface area contributed by atoms with E-state index in [1.54, 1.807) is 12.3 Å². The van der Waals surface area contributed by atoms with E-state index in [1.807, 2.05) is 34.9 Å². The first-order valence-electron chi connectivity index (χ1n) is 6.16. The molecular weight excluding hydrogens is 321 g/mol. The van der Waals surface area contributed by atoms with Crippen molar-refractivity contribution in [1.29, 1.82) is 0 Å². The number of fused-ring (bicyclic) bond motifs is 1.